The Hall–Kier alpha value is -1.30. The fourth-order valence-electron chi connectivity index (χ4n) is 1.37. The molecule has 0 saturated carbocycles. The first-order chi connectivity index (χ1) is 8.42. The van der Waals surface area contributed by atoms with Crippen molar-refractivity contribution in [2.24, 2.45) is 5.73 Å². The van der Waals surface area contributed by atoms with Crippen LogP contribution in [0.1, 0.15) is 37.9 Å². The van der Waals surface area contributed by atoms with Gasteiger partial charge in [0.05, 0.1) is 18.5 Å². The molecule has 0 fully saturated rings. The van der Waals surface area contributed by atoms with Gasteiger partial charge < -0.3 is 10.5 Å². The Morgan fingerprint density at radius 3 is 2.61 bits per heavy atom. The Morgan fingerprint density at radius 1 is 1.39 bits per heavy atom. The van der Waals surface area contributed by atoms with Crippen LogP contribution in [0.3, 0.4) is 0 Å². The quantitative estimate of drug-likeness (QED) is 0.801. The van der Waals surface area contributed by atoms with E-state index in [2.05, 4.69) is 4.98 Å². The molecule has 18 heavy (non-hydrogen) atoms. The smallest absolute Gasteiger partial charge is 0.389 e. The summed E-state index contributed by atoms with van der Waals surface area (Å²) in [5, 5.41) is 0. The summed E-state index contributed by atoms with van der Waals surface area (Å²) in [7, 11) is 0. The maximum atomic E-state index is 11.9. The number of alkyl halides is 3. The van der Waals surface area contributed by atoms with E-state index in [0.29, 0.717) is 5.75 Å². The van der Waals surface area contributed by atoms with Crippen LogP contribution in [0.4, 0.5) is 13.2 Å². The molecule has 0 unspecified atom stereocenters. The maximum absolute atomic E-state index is 11.9. The van der Waals surface area contributed by atoms with Gasteiger partial charge in [-0.2, -0.15) is 13.2 Å². The molecule has 0 aliphatic heterocycles. The third-order valence-corrected chi connectivity index (χ3v) is 2.45. The SMILES string of the molecule is CC[C@@H](N)c1ccc(OCCCC(F)(F)F)cn1. The minimum absolute atomic E-state index is 0.0281. The zero-order valence-corrected chi connectivity index (χ0v) is 10.2. The summed E-state index contributed by atoms with van der Waals surface area (Å²) >= 11 is 0. The summed E-state index contributed by atoms with van der Waals surface area (Å²) < 4.78 is 40.8. The predicted molar refractivity (Wildman–Crippen MR) is 62.2 cm³/mol. The van der Waals surface area contributed by atoms with Crippen LogP contribution in [-0.4, -0.2) is 17.8 Å². The number of nitrogens with zero attached hydrogens (tertiary/aromatic N) is 1. The lowest BCUT2D eigenvalue weighted by molar-refractivity contribution is -0.136. The number of rotatable bonds is 6. The van der Waals surface area contributed by atoms with Crippen molar-refractivity contribution >= 4 is 0 Å². The van der Waals surface area contributed by atoms with Gasteiger partial charge in [-0.3, -0.25) is 4.98 Å². The molecule has 1 rings (SSSR count). The molecule has 3 nitrogen and oxygen atoms in total. The Labute approximate surface area is 104 Å². The molecule has 6 heteroatoms. The van der Waals surface area contributed by atoms with Crippen molar-refractivity contribution < 1.29 is 17.9 Å². The zero-order valence-electron chi connectivity index (χ0n) is 10.2. The van der Waals surface area contributed by atoms with Gasteiger partial charge in [0.1, 0.15) is 5.75 Å². The molecular weight excluding hydrogens is 245 g/mol. The Bertz CT molecular complexity index is 351. The normalized spacial score (nSPS) is 13.4. The zero-order chi connectivity index (χ0) is 13.6. The van der Waals surface area contributed by atoms with E-state index in [0.717, 1.165) is 12.1 Å². The van der Waals surface area contributed by atoms with Crippen molar-refractivity contribution in [2.75, 3.05) is 6.61 Å². The van der Waals surface area contributed by atoms with Crippen LogP contribution >= 0.6 is 0 Å². The van der Waals surface area contributed by atoms with Gasteiger partial charge in [-0.15, -0.1) is 0 Å². The average Bonchev–Trinajstić information content (AvgIpc) is 2.33. The van der Waals surface area contributed by atoms with E-state index in [1.165, 1.54) is 6.20 Å². The van der Waals surface area contributed by atoms with Gasteiger partial charge in [0.25, 0.3) is 0 Å². The molecule has 0 spiro atoms. The number of hydrogen-bond donors (Lipinski definition) is 1. The molecule has 0 bridgehead atoms. The van der Waals surface area contributed by atoms with Crippen LogP contribution < -0.4 is 10.5 Å². The van der Waals surface area contributed by atoms with Crippen LogP contribution in [0.15, 0.2) is 18.3 Å². The molecule has 2 N–H and O–H groups in total. The Kier molecular flexibility index (Phi) is 5.40. The predicted octanol–water partition coefficient (Wildman–Crippen LogP) is 3.21. The number of halogens is 3. The van der Waals surface area contributed by atoms with Crippen molar-refractivity contribution in [1.82, 2.24) is 4.98 Å². The number of pyridine rings is 1. The summed E-state index contributed by atoms with van der Waals surface area (Å²) in [5.41, 5.74) is 6.54. The van der Waals surface area contributed by atoms with Gasteiger partial charge in [0, 0.05) is 12.5 Å². The summed E-state index contributed by atoms with van der Waals surface area (Å²) in [6, 6.07) is 3.28. The lowest BCUT2D eigenvalue weighted by Gasteiger charge is -2.10. The highest BCUT2D eigenvalue weighted by Gasteiger charge is 2.26. The highest BCUT2D eigenvalue weighted by molar-refractivity contribution is 5.21. The lowest BCUT2D eigenvalue weighted by Crippen LogP contribution is -2.11. The van der Waals surface area contributed by atoms with Crippen LogP contribution in [0.5, 0.6) is 5.75 Å². The molecule has 102 valence electrons. The molecular formula is C12H17F3N2O. The van der Waals surface area contributed by atoms with E-state index >= 15 is 0 Å². The van der Waals surface area contributed by atoms with E-state index in [-0.39, 0.29) is 19.1 Å². The second-order valence-corrected chi connectivity index (χ2v) is 4.00. The molecule has 0 radical (unpaired) electrons. The highest BCUT2D eigenvalue weighted by atomic mass is 19.4. The lowest BCUT2D eigenvalue weighted by atomic mass is 10.1. The van der Waals surface area contributed by atoms with Crippen molar-refractivity contribution in [3.63, 3.8) is 0 Å². The van der Waals surface area contributed by atoms with Crippen LogP contribution in [0.25, 0.3) is 0 Å². The molecule has 1 atom stereocenters. The molecule has 0 saturated heterocycles. The first-order valence-corrected chi connectivity index (χ1v) is 5.83. The Balaban J connectivity index is 2.35. The monoisotopic (exact) mass is 262 g/mol. The number of ether oxygens (including phenoxy) is 1. The standard InChI is InChI=1S/C12H17F3N2O/c1-2-10(16)11-5-4-9(8-17-11)18-7-3-6-12(13,14)15/h4-5,8,10H,2-3,6-7,16H2,1H3/t10-/m1/s1. The average molecular weight is 262 g/mol. The van der Waals surface area contributed by atoms with Gasteiger partial charge in [-0.1, -0.05) is 6.92 Å². The molecule has 0 aliphatic carbocycles. The van der Waals surface area contributed by atoms with E-state index in [1.54, 1.807) is 12.1 Å². The molecule has 1 heterocycles. The maximum Gasteiger partial charge on any atom is 0.389 e. The molecule has 1 aromatic rings. The summed E-state index contributed by atoms with van der Waals surface area (Å²) in [4.78, 5) is 4.10. The first-order valence-electron chi connectivity index (χ1n) is 5.83. The van der Waals surface area contributed by atoms with Crippen LogP contribution in [0, 0.1) is 0 Å². The first kappa shape index (κ1) is 14.8. The van der Waals surface area contributed by atoms with E-state index in [4.69, 9.17) is 10.5 Å². The van der Waals surface area contributed by atoms with Gasteiger partial charge >= 0.3 is 6.18 Å². The summed E-state index contributed by atoms with van der Waals surface area (Å²) in [6.07, 6.45) is -2.75. The topological polar surface area (TPSA) is 48.1 Å². The number of hydrogen-bond acceptors (Lipinski definition) is 3. The fourth-order valence-corrected chi connectivity index (χ4v) is 1.37. The summed E-state index contributed by atoms with van der Waals surface area (Å²) in [6.45, 7) is 1.98. The van der Waals surface area contributed by atoms with Crippen LogP contribution in [-0.2, 0) is 0 Å². The minimum atomic E-state index is -4.13. The van der Waals surface area contributed by atoms with Gasteiger partial charge in [0.15, 0.2) is 0 Å². The molecule has 0 aliphatic rings. The fraction of sp³-hybridized carbons (Fsp3) is 0.583. The van der Waals surface area contributed by atoms with Crippen molar-refractivity contribution in [1.29, 1.82) is 0 Å². The largest absolute Gasteiger partial charge is 0.492 e. The van der Waals surface area contributed by atoms with Crippen molar-refractivity contribution in [3.8, 4) is 5.75 Å². The third kappa shape index (κ3) is 5.35. The number of nitrogens with two attached hydrogens (primary N) is 1. The van der Waals surface area contributed by atoms with Gasteiger partial charge in [0.2, 0.25) is 0 Å². The second-order valence-electron chi connectivity index (χ2n) is 4.00. The molecule has 0 aromatic carbocycles. The third-order valence-electron chi connectivity index (χ3n) is 2.45. The van der Waals surface area contributed by atoms with Crippen LogP contribution in [0.2, 0.25) is 0 Å². The Morgan fingerprint density at radius 2 is 2.11 bits per heavy atom. The van der Waals surface area contributed by atoms with Crippen molar-refractivity contribution in [2.45, 2.75) is 38.4 Å². The number of aromatic nitrogens is 1. The minimum Gasteiger partial charge on any atom is -0.492 e. The molecule has 0 amide bonds. The highest BCUT2D eigenvalue weighted by Crippen LogP contribution is 2.21. The van der Waals surface area contributed by atoms with Crippen molar-refractivity contribution in [3.05, 3.63) is 24.0 Å². The van der Waals surface area contributed by atoms with E-state index in [1.807, 2.05) is 6.92 Å². The van der Waals surface area contributed by atoms with Gasteiger partial charge in [-0.05, 0) is 25.0 Å². The van der Waals surface area contributed by atoms with Gasteiger partial charge in [-0.25, -0.2) is 0 Å². The van der Waals surface area contributed by atoms with E-state index < -0.39 is 12.6 Å². The summed E-state index contributed by atoms with van der Waals surface area (Å²) in [5.74, 6) is 0.462. The van der Waals surface area contributed by atoms with E-state index in [9.17, 15) is 13.2 Å². The second kappa shape index (κ2) is 6.58. The molecule has 1 aromatic heterocycles.